The SMILES string of the molecule is Cc1cn(-c2ccc(NC=C3C(=O)OC(C)(C)OC3=O)c(F)c2)nn1. The number of halogens is 1. The number of cyclic esters (lactones) is 2. The highest BCUT2D eigenvalue weighted by Crippen LogP contribution is 2.23. The Labute approximate surface area is 142 Å². The molecule has 0 unspecified atom stereocenters. The lowest BCUT2D eigenvalue weighted by atomic mass is 10.2. The van der Waals surface area contributed by atoms with Gasteiger partial charge in [-0.2, -0.15) is 0 Å². The minimum Gasteiger partial charge on any atom is -0.419 e. The average Bonchev–Trinajstić information content (AvgIpc) is 2.93. The molecule has 0 amide bonds. The van der Waals surface area contributed by atoms with Gasteiger partial charge in [0, 0.05) is 26.1 Å². The van der Waals surface area contributed by atoms with Gasteiger partial charge in [0.25, 0.3) is 5.79 Å². The zero-order valence-electron chi connectivity index (χ0n) is 13.7. The predicted molar refractivity (Wildman–Crippen MR) is 84.0 cm³/mol. The third kappa shape index (κ3) is 3.49. The number of rotatable bonds is 3. The number of nitrogens with zero attached hydrogens (tertiary/aromatic N) is 3. The van der Waals surface area contributed by atoms with Crippen LogP contribution in [0.15, 0.2) is 36.2 Å². The number of esters is 2. The minimum absolute atomic E-state index is 0.0681. The third-order valence-electron chi connectivity index (χ3n) is 3.31. The Morgan fingerprint density at radius 2 is 1.92 bits per heavy atom. The first-order chi connectivity index (χ1) is 11.7. The van der Waals surface area contributed by atoms with Crippen LogP contribution in [0.4, 0.5) is 10.1 Å². The Balaban J connectivity index is 1.79. The Morgan fingerprint density at radius 3 is 2.48 bits per heavy atom. The molecular formula is C16H15FN4O4. The largest absolute Gasteiger partial charge is 0.419 e. The van der Waals surface area contributed by atoms with Gasteiger partial charge in [0.05, 0.1) is 23.3 Å². The molecule has 25 heavy (non-hydrogen) atoms. The van der Waals surface area contributed by atoms with E-state index >= 15 is 0 Å². The average molecular weight is 346 g/mol. The number of hydrogen-bond acceptors (Lipinski definition) is 7. The number of carbonyl (C=O) groups is 2. The van der Waals surface area contributed by atoms with Gasteiger partial charge in [-0.05, 0) is 19.1 Å². The van der Waals surface area contributed by atoms with E-state index in [2.05, 4.69) is 15.6 Å². The molecule has 2 aromatic rings. The quantitative estimate of drug-likeness (QED) is 0.515. The maximum absolute atomic E-state index is 14.2. The number of aromatic nitrogens is 3. The number of ether oxygens (including phenoxy) is 2. The van der Waals surface area contributed by atoms with Crippen LogP contribution in [0.1, 0.15) is 19.5 Å². The van der Waals surface area contributed by atoms with Gasteiger partial charge in [-0.1, -0.05) is 5.21 Å². The van der Waals surface area contributed by atoms with Crippen LogP contribution in [0.25, 0.3) is 5.69 Å². The minimum atomic E-state index is -1.33. The first-order valence-electron chi connectivity index (χ1n) is 7.37. The van der Waals surface area contributed by atoms with Crippen LogP contribution in [0, 0.1) is 12.7 Å². The van der Waals surface area contributed by atoms with Crippen molar-refractivity contribution in [3.8, 4) is 5.69 Å². The zero-order chi connectivity index (χ0) is 18.2. The molecule has 130 valence electrons. The van der Waals surface area contributed by atoms with Crippen LogP contribution < -0.4 is 5.32 Å². The van der Waals surface area contributed by atoms with Crippen molar-refractivity contribution in [3.63, 3.8) is 0 Å². The van der Waals surface area contributed by atoms with Gasteiger partial charge in [-0.15, -0.1) is 5.10 Å². The molecule has 1 aromatic carbocycles. The van der Waals surface area contributed by atoms with E-state index in [-0.39, 0.29) is 11.3 Å². The van der Waals surface area contributed by atoms with Crippen molar-refractivity contribution in [2.24, 2.45) is 0 Å². The van der Waals surface area contributed by atoms with Crippen LogP contribution in [-0.2, 0) is 19.1 Å². The number of carbonyl (C=O) groups excluding carboxylic acids is 2. The van der Waals surface area contributed by atoms with E-state index in [1.807, 2.05) is 0 Å². The fraction of sp³-hybridized carbons (Fsp3) is 0.250. The summed E-state index contributed by atoms with van der Waals surface area (Å²) >= 11 is 0. The summed E-state index contributed by atoms with van der Waals surface area (Å²) in [6.07, 6.45) is 2.71. The van der Waals surface area contributed by atoms with Gasteiger partial charge < -0.3 is 14.8 Å². The van der Waals surface area contributed by atoms with Crippen LogP contribution >= 0.6 is 0 Å². The smallest absolute Gasteiger partial charge is 0.350 e. The molecule has 1 fully saturated rings. The summed E-state index contributed by atoms with van der Waals surface area (Å²) in [7, 11) is 0. The normalized spacial score (nSPS) is 16.2. The molecule has 1 N–H and O–H groups in total. The van der Waals surface area contributed by atoms with E-state index in [1.54, 1.807) is 19.2 Å². The first-order valence-corrected chi connectivity index (χ1v) is 7.37. The zero-order valence-corrected chi connectivity index (χ0v) is 13.7. The molecule has 1 aliphatic rings. The molecule has 0 bridgehead atoms. The van der Waals surface area contributed by atoms with Crippen molar-refractivity contribution < 1.29 is 23.5 Å². The highest BCUT2D eigenvalue weighted by molar-refractivity contribution is 6.15. The first kappa shape index (κ1) is 16.6. The Hall–Kier alpha value is -3.23. The van der Waals surface area contributed by atoms with Gasteiger partial charge in [-0.25, -0.2) is 18.7 Å². The number of hydrogen-bond donors (Lipinski definition) is 1. The van der Waals surface area contributed by atoms with Crippen molar-refractivity contribution in [2.45, 2.75) is 26.6 Å². The second-order valence-corrected chi connectivity index (χ2v) is 5.85. The standard InChI is InChI=1S/C16H15FN4O4/c1-9-8-21(20-19-9)10-4-5-13(12(17)6-10)18-7-11-14(22)24-16(2,3)25-15(11)23/h4-8,18H,1-3H3. The Morgan fingerprint density at radius 1 is 1.24 bits per heavy atom. The second kappa shape index (κ2) is 6.00. The number of benzene rings is 1. The lowest BCUT2D eigenvalue weighted by molar-refractivity contribution is -0.222. The lowest BCUT2D eigenvalue weighted by Gasteiger charge is -2.29. The van der Waals surface area contributed by atoms with E-state index in [0.29, 0.717) is 11.4 Å². The third-order valence-corrected chi connectivity index (χ3v) is 3.31. The number of anilines is 1. The summed E-state index contributed by atoms with van der Waals surface area (Å²) in [5, 5.41) is 10.3. The van der Waals surface area contributed by atoms with Crippen molar-refractivity contribution in [1.82, 2.24) is 15.0 Å². The molecule has 1 aliphatic heterocycles. The highest BCUT2D eigenvalue weighted by atomic mass is 19.1. The molecular weight excluding hydrogens is 331 g/mol. The van der Waals surface area contributed by atoms with Gasteiger partial charge >= 0.3 is 11.9 Å². The van der Waals surface area contributed by atoms with Gasteiger partial charge in [0.15, 0.2) is 5.57 Å². The van der Waals surface area contributed by atoms with Crippen molar-refractivity contribution >= 4 is 17.6 Å². The van der Waals surface area contributed by atoms with Crippen molar-refractivity contribution in [1.29, 1.82) is 0 Å². The molecule has 0 aliphatic carbocycles. The summed E-state index contributed by atoms with van der Waals surface area (Å²) in [6, 6.07) is 4.30. The molecule has 3 rings (SSSR count). The fourth-order valence-corrected chi connectivity index (χ4v) is 2.17. The van der Waals surface area contributed by atoms with E-state index in [9.17, 15) is 14.0 Å². The van der Waals surface area contributed by atoms with Crippen LogP contribution in [0.5, 0.6) is 0 Å². The Kier molecular flexibility index (Phi) is 3.99. The van der Waals surface area contributed by atoms with E-state index < -0.39 is 23.5 Å². The molecule has 1 aromatic heterocycles. The number of nitrogens with one attached hydrogen (secondary N) is 1. The molecule has 0 atom stereocenters. The van der Waals surface area contributed by atoms with Crippen molar-refractivity contribution in [3.05, 3.63) is 47.7 Å². The summed E-state index contributed by atoms with van der Waals surface area (Å²) in [4.78, 5) is 23.6. The second-order valence-electron chi connectivity index (χ2n) is 5.85. The predicted octanol–water partition coefficient (Wildman–Crippen LogP) is 1.85. The molecule has 1 saturated heterocycles. The van der Waals surface area contributed by atoms with Crippen molar-refractivity contribution in [2.75, 3.05) is 5.32 Å². The monoisotopic (exact) mass is 346 g/mol. The van der Waals surface area contributed by atoms with E-state index in [1.165, 1.54) is 30.7 Å². The maximum Gasteiger partial charge on any atom is 0.350 e. The summed E-state index contributed by atoms with van der Waals surface area (Å²) in [5.41, 5.74) is 0.896. The summed E-state index contributed by atoms with van der Waals surface area (Å²) in [6.45, 7) is 4.65. The molecule has 0 saturated carbocycles. The van der Waals surface area contributed by atoms with E-state index in [0.717, 1.165) is 6.20 Å². The topological polar surface area (TPSA) is 95.3 Å². The van der Waals surface area contributed by atoms with Crippen LogP contribution in [-0.4, -0.2) is 32.7 Å². The Bertz CT molecular complexity index is 866. The maximum atomic E-state index is 14.2. The molecule has 8 nitrogen and oxygen atoms in total. The lowest BCUT2D eigenvalue weighted by Crippen LogP contribution is -2.42. The van der Waals surface area contributed by atoms with Gasteiger partial charge in [0.1, 0.15) is 5.82 Å². The highest BCUT2D eigenvalue weighted by Gasteiger charge is 2.38. The molecule has 0 spiro atoms. The molecule has 0 radical (unpaired) electrons. The molecule has 9 heteroatoms. The van der Waals surface area contributed by atoms with Gasteiger partial charge in [0.2, 0.25) is 0 Å². The van der Waals surface area contributed by atoms with Gasteiger partial charge in [-0.3, -0.25) is 0 Å². The number of aryl methyl sites for hydroxylation is 1. The molecule has 2 heterocycles. The summed E-state index contributed by atoms with van der Waals surface area (Å²) in [5.74, 6) is -3.61. The van der Waals surface area contributed by atoms with Crippen LogP contribution in [0.2, 0.25) is 0 Å². The van der Waals surface area contributed by atoms with E-state index in [4.69, 9.17) is 9.47 Å². The van der Waals surface area contributed by atoms with Crippen LogP contribution in [0.3, 0.4) is 0 Å². The fourth-order valence-electron chi connectivity index (χ4n) is 2.17. The summed E-state index contributed by atoms with van der Waals surface area (Å²) < 4.78 is 25.6.